The molecule has 0 radical (unpaired) electrons. The summed E-state index contributed by atoms with van der Waals surface area (Å²) in [6.07, 6.45) is 0.812. The number of nitrogens with one attached hydrogen (secondary N) is 1. The topological polar surface area (TPSA) is 54.6 Å². The fourth-order valence-corrected chi connectivity index (χ4v) is 3.88. The van der Waals surface area contributed by atoms with E-state index in [9.17, 15) is 4.79 Å². The zero-order valence-electron chi connectivity index (χ0n) is 15.3. The number of ether oxygens (including phenoxy) is 2. The summed E-state index contributed by atoms with van der Waals surface area (Å²) >= 11 is 0. The lowest BCUT2D eigenvalue weighted by Crippen LogP contribution is -2.32. The average Bonchev–Trinajstić information content (AvgIpc) is 2.86. The van der Waals surface area contributed by atoms with Crippen molar-refractivity contribution in [2.45, 2.75) is 19.9 Å². The number of aromatic amines is 1. The Balaban J connectivity index is 1.79. The minimum atomic E-state index is -0.0201. The summed E-state index contributed by atoms with van der Waals surface area (Å²) < 4.78 is 11.0. The van der Waals surface area contributed by atoms with Crippen LogP contribution in [0.4, 0.5) is 0 Å². The van der Waals surface area contributed by atoms with Gasteiger partial charge in [-0.15, -0.1) is 0 Å². The van der Waals surface area contributed by atoms with Gasteiger partial charge in [0.05, 0.1) is 26.3 Å². The number of aryl methyl sites for hydroxylation is 1. The number of para-hydroxylation sites is 1. The highest BCUT2D eigenvalue weighted by molar-refractivity contribution is 5.98. The lowest BCUT2D eigenvalue weighted by molar-refractivity contribution is 0.0743. The Morgan fingerprint density at radius 1 is 1.04 bits per heavy atom. The number of hydrogen-bond donors (Lipinski definition) is 1. The smallest absolute Gasteiger partial charge is 0.257 e. The third-order valence-corrected chi connectivity index (χ3v) is 5.17. The van der Waals surface area contributed by atoms with E-state index >= 15 is 0 Å². The first-order chi connectivity index (χ1) is 12.6. The normalized spacial score (nSPS) is 13.6. The molecule has 4 rings (SSSR count). The molecule has 1 N–H and O–H groups in total. The number of carbonyl (C=O) groups is 1. The highest BCUT2D eigenvalue weighted by atomic mass is 16.5. The second-order valence-corrected chi connectivity index (χ2v) is 6.57. The first-order valence-corrected chi connectivity index (χ1v) is 8.73. The maximum Gasteiger partial charge on any atom is 0.257 e. The number of H-pyrrole nitrogens is 1. The van der Waals surface area contributed by atoms with E-state index in [2.05, 4.69) is 11.9 Å². The summed E-state index contributed by atoms with van der Waals surface area (Å²) in [5.74, 6) is 1.40. The van der Waals surface area contributed by atoms with E-state index in [1.54, 1.807) is 14.2 Å². The van der Waals surface area contributed by atoms with Crippen LogP contribution in [-0.2, 0) is 13.0 Å². The molecule has 1 aliphatic heterocycles. The first-order valence-electron chi connectivity index (χ1n) is 8.73. The first kappa shape index (κ1) is 16.5. The highest BCUT2D eigenvalue weighted by Crippen LogP contribution is 2.36. The van der Waals surface area contributed by atoms with Crippen LogP contribution in [0.3, 0.4) is 0 Å². The van der Waals surface area contributed by atoms with Gasteiger partial charge in [0.15, 0.2) is 0 Å². The fraction of sp³-hybridized carbons (Fsp3) is 0.286. The van der Waals surface area contributed by atoms with Gasteiger partial charge in [0.1, 0.15) is 11.5 Å². The van der Waals surface area contributed by atoms with Crippen LogP contribution < -0.4 is 9.47 Å². The van der Waals surface area contributed by atoms with Gasteiger partial charge < -0.3 is 19.4 Å². The molecule has 0 fully saturated rings. The van der Waals surface area contributed by atoms with Crippen molar-refractivity contribution in [3.63, 3.8) is 0 Å². The van der Waals surface area contributed by atoms with E-state index in [-0.39, 0.29) is 5.91 Å². The molecule has 0 saturated carbocycles. The Hall–Kier alpha value is -2.95. The molecule has 5 heteroatoms. The Bertz CT molecular complexity index is 990. The van der Waals surface area contributed by atoms with E-state index in [0.29, 0.717) is 24.4 Å². The Kier molecular flexibility index (Phi) is 4.07. The molecule has 3 aromatic rings. The largest absolute Gasteiger partial charge is 0.496 e. The van der Waals surface area contributed by atoms with Crippen LogP contribution >= 0.6 is 0 Å². The molecule has 0 spiro atoms. The zero-order chi connectivity index (χ0) is 18.3. The number of aromatic nitrogens is 1. The van der Waals surface area contributed by atoms with Gasteiger partial charge in [0, 0.05) is 28.7 Å². The molecular formula is C21H22N2O3. The van der Waals surface area contributed by atoms with Gasteiger partial charge in [-0.05, 0) is 43.2 Å². The van der Waals surface area contributed by atoms with Crippen LogP contribution in [0.2, 0.25) is 0 Å². The van der Waals surface area contributed by atoms with E-state index < -0.39 is 0 Å². The maximum atomic E-state index is 13.2. The number of nitrogens with zero attached hydrogens (tertiary/aromatic N) is 1. The average molecular weight is 350 g/mol. The molecule has 0 unspecified atom stereocenters. The summed E-state index contributed by atoms with van der Waals surface area (Å²) in [6, 6.07) is 11.4. The van der Waals surface area contributed by atoms with Crippen LogP contribution in [0.25, 0.3) is 10.9 Å². The lowest BCUT2D eigenvalue weighted by atomic mass is 10.0. The van der Waals surface area contributed by atoms with Crippen LogP contribution in [0.5, 0.6) is 11.5 Å². The number of amides is 1. The number of methoxy groups -OCH3 is 2. The summed E-state index contributed by atoms with van der Waals surface area (Å²) in [5.41, 5.74) is 5.17. The van der Waals surface area contributed by atoms with Crippen LogP contribution in [0.15, 0.2) is 36.4 Å². The molecule has 26 heavy (non-hydrogen) atoms. The summed E-state index contributed by atoms with van der Waals surface area (Å²) in [6.45, 7) is 3.26. The second kappa shape index (κ2) is 6.41. The van der Waals surface area contributed by atoms with Crippen molar-refractivity contribution in [2.24, 2.45) is 0 Å². The van der Waals surface area contributed by atoms with Gasteiger partial charge in [-0.3, -0.25) is 4.79 Å². The molecule has 1 aliphatic rings. The van der Waals surface area contributed by atoms with Gasteiger partial charge in [-0.1, -0.05) is 12.1 Å². The van der Waals surface area contributed by atoms with E-state index in [1.807, 2.05) is 41.3 Å². The maximum absolute atomic E-state index is 13.2. The lowest BCUT2D eigenvalue weighted by Gasteiger charge is -2.23. The molecule has 0 bridgehead atoms. The predicted octanol–water partition coefficient (Wildman–Crippen LogP) is 3.69. The molecular weight excluding hydrogens is 328 g/mol. The summed E-state index contributed by atoms with van der Waals surface area (Å²) in [5, 5.41) is 1.19. The van der Waals surface area contributed by atoms with E-state index in [1.165, 1.54) is 10.9 Å². The highest BCUT2D eigenvalue weighted by Gasteiger charge is 2.27. The van der Waals surface area contributed by atoms with E-state index in [4.69, 9.17) is 9.47 Å². The van der Waals surface area contributed by atoms with E-state index in [0.717, 1.165) is 28.9 Å². The van der Waals surface area contributed by atoms with Gasteiger partial charge >= 0.3 is 0 Å². The SMILES string of the molecule is COc1ccccc1C(=O)N1CCc2c(C)[nH]c3ccc(OC)c(c23)C1. The molecule has 0 aliphatic carbocycles. The number of hydrogen-bond acceptors (Lipinski definition) is 3. The van der Waals surface area contributed by atoms with Crippen molar-refractivity contribution in [1.29, 1.82) is 0 Å². The van der Waals surface area contributed by atoms with Gasteiger partial charge in [0.2, 0.25) is 0 Å². The minimum absolute atomic E-state index is 0.0201. The van der Waals surface area contributed by atoms with Gasteiger partial charge in [-0.25, -0.2) is 0 Å². The van der Waals surface area contributed by atoms with Crippen LogP contribution in [0.1, 0.15) is 27.2 Å². The second-order valence-electron chi connectivity index (χ2n) is 6.57. The monoisotopic (exact) mass is 350 g/mol. The molecule has 1 aromatic heterocycles. The third kappa shape index (κ3) is 2.51. The van der Waals surface area contributed by atoms with Gasteiger partial charge in [0.25, 0.3) is 5.91 Å². The van der Waals surface area contributed by atoms with Crippen molar-refractivity contribution < 1.29 is 14.3 Å². The molecule has 2 aromatic carbocycles. The van der Waals surface area contributed by atoms with Crippen molar-refractivity contribution in [2.75, 3.05) is 20.8 Å². The zero-order valence-corrected chi connectivity index (χ0v) is 15.3. The standard InChI is InChI=1S/C21H22N2O3/c1-13-14-10-11-23(21(24)15-6-4-5-7-18(15)25-2)12-16-19(26-3)9-8-17(22-13)20(14)16/h4-9,22H,10-12H2,1-3H3. The molecule has 2 heterocycles. The van der Waals surface area contributed by atoms with Crippen LogP contribution in [0, 0.1) is 6.92 Å². The molecule has 1 amide bonds. The fourth-order valence-electron chi connectivity index (χ4n) is 3.88. The minimum Gasteiger partial charge on any atom is -0.496 e. The number of carbonyl (C=O) groups excluding carboxylic acids is 1. The Morgan fingerprint density at radius 3 is 2.58 bits per heavy atom. The quantitative estimate of drug-likeness (QED) is 0.784. The van der Waals surface area contributed by atoms with Gasteiger partial charge in [-0.2, -0.15) is 0 Å². The van der Waals surface area contributed by atoms with Crippen molar-refractivity contribution in [1.82, 2.24) is 9.88 Å². The molecule has 5 nitrogen and oxygen atoms in total. The molecule has 134 valence electrons. The molecule has 0 atom stereocenters. The third-order valence-electron chi connectivity index (χ3n) is 5.17. The Morgan fingerprint density at radius 2 is 1.81 bits per heavy atom. The van der Waals surface area contributed by atoms with Crippen molar-refractivity contribution in [3.05, 3.63) is 58.8 Å². The Labute approximate surface area is 152 Å². The number of benzene rings is 2. The van der Waals surface area contributed by atoms with Crippen LogP contribution in [-0.4, -0.2) is 36.6 Å². The summed E-state index contributed by atoms with van der Waals surface area (Å²) in [7, 11) is 3.27. The van der Waals surface area contributed by atoms with Crippen molar-refractivity contribution in [3.8, 4) is 11.5 Å². The predicted molar refractivity (Wildman–Crippen MR) is 101 cm³/mol. The molecule has 0 saturated heterocycles. The number of rotatable bonds is 3. The van der Waals surface area contributed by atoms with Crippen molar-refractivity contribution >= 4 is 16.8 Å². The summed E-state index contributed by atoms with van der Waals surface area (Å²) in [4.78, 5) is 18.5.